The highest BCUT2D eigenvalue weighted by Crippen LogP contribution is 2.52. The van der Waals surface area contributed by atoms with Gasteiger partial charge in [-0.1, -0.05) is 13.8 Å². The van der Waals surface area contributed by atoms with Gasteiger partial charge in [0.1, 0.15) is 0 Å². The third-order valence-corrected chi connectivity index (χ3v) is 3.38. The Morgan fingerprint density at radius 3 is 2.59 bits per heavy atom. The van der Waals surface area contributed by atoms with Crippen molar-refractivity contribution in [3.8, 4) is 0 Å². The van der Waals surface area contributed by atoms with Crippen molar-refractivity contribution in [3.05, 3.63) is 18.0 Å². The van der Waals surface area contributed by atoms with Gasteiger partial charge in [-0.05, 0) is 12.0 Å². The Bertz CT molecular complexity index is 390. The van der Waals surface area contributed by atoms with E-state index < -0.39 is 11.3 Å². The van der Waals surface area contributed by atoms with Gasteiger partial charge in [0.05, 0.1) is 0 Å². The topological polar surface area (TPSA) is 43.8 Å². The van der Waals surface area contributed by atoms with E-state index in [-0.39, 0.29) is 19.4 Å². The maximum Gasteiger partial charge on any atom is 0.250 e. The van der Waals surface area contributed by atoms with E-state index in [1.165, 1.54) is 0 Å². The lowest BCUT2D eigenvalue weighted by Crippen LogP contribution is -2.54. The second-order valence-corrected chi connectivity index (χ2v) is 5.49. The third kappa shape index (κ3) is 2.20. The molecule has 2 rings (SSSR count). The fourth-order valence-corrected chi connectivity index (χ4v) is 2.64. The van der Waals surface area contributed by atoms with Crippen molar-refractivity contribution in [1.29, 1.82) is 0 Å². The molecule has 1 fully saturated rings. The molecule has 1 aromatic rings. The third-order valence-electron chi connectivity index (χ3n) is 3.38. The maximum atomic E-state index is 13.1. The van der Waals surface area contributed by atoms with Crippen LogP contribution in [0, 0.1) is 5.92 Å². The van der Waals surface area contributed by atoms with E-state index >= 15 is 0 Å². The number of rotatable bonds is 4. The van der Waals surface area contributed by atoms with Crippen molar-refractivity contribution in [2.75, 3.05) is 6.54 Å². The monoisotopic (exact) mass is 243 g/mol. The Hall–Kier alpha value is -0.970. The molecule has 0 amide bonds. The minimum atomic E-state index is -2.56. The van der Waals surface area contributed by atoms with E-state index in [4.69, 9.17) is 5.73 Å². The maximum absolute atomic E-state index is 13.1. The van der Waals surface area contributed by atoms with Crippen LogP contribution >= 0.6 is 0 Å². The molecule has 0 atom stereocenters. The Labute approximate surface area is 100.0 Å². The summed E-state index contributed by atoms with van der Waals surface area (Å²) in [6.45, 7) is 5.16. The number of nitrogens with zero attached hydrogens (tertiary/aromatic N) is 2. The van der Waals surface area contributed by atoms with Crippen LogP contribution in [0.25, 0.3) is 0 Å². The lowest BCUT2D eigenvalue weighted by atomic mass is 9.64. The van der Waals surface area contributed by atoms with Crippen LogP contribution in [0.5, 0.6) is 0 Å². The van der Waals surface area contributed by atoms with Gasteiger partial charge in [0, 0.05) is 43.2 Å². The van der Waals surface area contributed by atoms with E-state index in [1.807, 2.05) is 10.7 Å². The Kier molecular flexibility index (Phi) is 2.97. The van der Waals surface area contributed by atoms with Crippen LogP contribution in [0.15, 0.2) is 12.3 Å². The molecule has 3 nitrogen and oxygen atoms in total. The van der Waals surface area contributed by atoms with E-state index in [1.54, 1.807) is 6.20 Å². The second kappa shape index (κ2) is 4.05. The van der Waals surface area contributed by atoms with Gasteiger partial charge in [-0.25, -0.2) is 8.78 Å². The van der Waals surface area contributed by atoms with Crippen LogP contribution in [0.2, 0.25) is 0 Å². The Morgan fingerprint density at radius 1 is 1.47 bits per heavy atom. The Morgan fingerprint density at radius 2 is 2.12 bits per heavy atom. The summed E-state index contributed by atoms with van der Waals surface area (Å²) in [7, 11) is 0. The summed E-state index contributed by atoms with van der Waals surface area (Å²) in [6, 6.07) is 1.82. The molecule has 1 aromatic heterocycles. The zero-order chi connectivity index (χ0) is 12.7. The van der Waals surface area contributed by atoms with Crippen LogP contribution in [-0.4, -0.2) is 22.2 Å². The zero-order valence-corrected chi connectivity index (χ0v) is 10.3. The van der Waals surface area contributed by atoms with Gasteiger partial charge in [-0.3, -0.25) is 4.68 Å². The summed E-state index contributed by atoms with van der Waals surface area (Å²) in [6.07, 6.45) is 1.37. The van der Waals surface area contributed by atoms with Gasteiger partial charge in [-0.2, -0.15) is 5.10 Å². The van der Waals surface area contributed by atoms with Crippen molar-refractivity contribution < 1.29 is 8.78 Å². The lowest BCUT2D eigenvalue weighted by molar-refractivity contribution is -0.126. The molecule has 0 spiro atoms. The average Bonchev–Trinajstić information content (AvgIpc) is 2.60. The minimum Gasteiger partial charge on any atom is -0.330 e. The number of alkyl halides is 2. The first-order chi connectivity index (χ1) is 7.88. The predicted octanol–water partition coefficient (Wildman–Crippen LogP) is 2.16. The molecule has 1 aliphatic rings. The highest BCUT2D eigenvalue weighted by atomic mass is 19.3. The van der Waals surface area contributed by atoms with Gasteiger partial charge < -0.3 is 5.73 Å². The molecule has 1 aliphatic carbocycles. The van der Waals surface area contributed by atoms with E-state index in [2.05, 4.69) is 18.9 Å². The molecule has 2 N–H and O–H groups in total. The summed E-state index contributed by atoms with van der Waals surface area (Å²) in [5.74, 6) is -2.13. The zero-order valence-electron chi connectivity index (χ0n) is 10.3. The highest BCUT2D eigenvalue weighted by Gasteiger charge is 2.57. The highest BCUT2D eigenvalue weighted by molar-refractivity contribution is 5.24. The van der Waals surface area contributed by atoms with E-state index in [0.29, 0.717) is 5.92 Å². The molecule has 0 saturated heterocycles. The van der Waals surface area contributed by atoms with E-state index in [9.17, 15) is 8.78 Å². The SMILES string of the molecule is CC(C)Cn1nccc1C1(CN)CC(F)(F)C1. The molecule has 96 valence electrons. The summed E-state index contributed by atoms with van der Waals surface area (Å²) < 4.78 is 28.1. The van der Waals surface area contributed by atoms with Crippen LogP contribution in [0.1, 0.15) is 32.4 Å². The van der Waals surface area contributed by atoms with Crippen molar-refractivity contribution in [1.82, 2.24) is 9.78 Å². The molecular formula is C12H19F2N3. The van der Waals surface area contributed by atoms with Gasteiger partial charge in [-0.15, -0.1) is 0 Å². The minimum absolute atomic E-state index is 0.152. The summed E-state index contributed by atoms with van der Waals surface area (Å²) in [4.78, 5) is 0. The number of nitrogens with two attached hydrogens (primary N) is 1. The Balaban J connectivity index is 2.24. The summed E-state index contributed by atoms with van der Waals surface area (Å²) in [5.41, 5.74) is 5.99. The van der Waals surface area contributed by atoms with Crippen LogP contribution in [-0.2, 0) is 12.0 Å². The first kappa shape index (κ1) is 12.5. The molecule has 0 bridgehead atoms. The molecular weight excluding hydrogens is 224 g/mol. The normalized spacial score (nSPS) is 21.5. The molecule has 5 heteroatoms. The standard InChI is InChI=1S/C12H19F2N3/c1-9(2)5-17-10(3-4-16-17)11(8-15)6-12(13,14)7-11/h3-4,9H,5-8,15H2,1-2H3. The second-order valence-electron chi connectivity index (χ2n) is 5.49. The van der Waals surface area contributed by atoms with Crippen molar-refractivity contribution >= 4 is 0 Å². The number of hydrogen-bond acceptors (Lipinski definition) is 2. The molecule has 0 aromatic carbocycles. The molecule has 0 aliphatic heterocycles. The lowest BCUT2D eigenvalue weighted by Gasteiger charge is -2.46. The summed E-state index contributed by atoms with van der Waals surface area (Å²) >= 11 is 0. The van der Waals surface area contributed by atoms with Gasteiger partial charge in [0.15, 0.2) is 0 Å². The fraction of sp³-hybridized carbons (Fsp3) is 0.750. The van der Waals surface area contributed by atoms with Crippen LogP contribution < -0.4 is 5.73 Å². The van der Waals surface area contributed by atoms with Gasteiger partial charge in [0.2, 0.25) is 5.92 Å². The van der Waals surface area contributed by atoms with Crippen molar-refractivity contribution in [2.45, 2.75) is 44.6 Å². The quantitative estimate of drug-likeness (QED) is 0.880. The molecule has 0 unspecified atom stereocenters. The number of aromatic nitrogens is 2. The molecule has 0 radical (unpaired) electrons. The summed E-state index contributed by atoms with van der Waals surface area (Å²) in [5, 5.41) is 4.22. The van der Waals surface area contributed by atoms with Gasteiger partial charge >= 0.3 is 0 Å². The average molecular weight is 243 g/mol. The smallest absolute Gasteiger partial charge is 0.250 e. The first-order valence-electron chi connectivity index (χ1n) is 5.99. The molecule has 17 heavy (non-hydrogen) atoms. The molecule has 1 saturated carbocycles. The number of hydrogen-bond donors (Lipinski definition) is 1. The van der Waals surface area contributed by atoms with Crippen LogP contribution in [0.4, 0.5) is 8.78 Å². The fourth-order valence-electron chi connectivity index (χ4n) is 2.64. The van der Waals surface area contributed by atoms with Gasteiger partial charge in [0.25, 0.3) is 0 Å². The predicted molar refractivity (Wildman–Crippen MR) is 62.0 cm³/mol. The van der Waals surface area contributed by atoms with Crippen molar-refractivity contribution in [3.63, 3.8) is 0 Å². The van der Waals surface area contributed by atoms with Crippen molar-refractivity contribution in [2.24, 2.45) is 11.7 Å². The molecule has 1 heterocycles. The number of halogens is 2. The first-order valence-corrected chi connectivity index (χ1v) is 5.99. The van der Waals surface area contributed by atoms with E-state index in [0.717, 1.165) is 12.2 Å². The largest absolute Gasteiger partial charge is 0.330 e. The van der Waals surface area contributed by atoms with Crippen LogP contribution in [0.3, 0.4) is 0 Å².